The predicted molar refractivity (Wildman–Crippen MR) is 167 cm³/mol. The Morgan fingerprint density at radius 3 is 2.27 bits per heavy atom. The molecule has 1 aliphatic carbocycles. The smallest absolute Gasteiger partial charge is 0.407 e. The van der Waals surface area contributed by atoms with Crippen LogP contribution in [-0.2, 0) is 28.8 Å². The first-order valence-electron chi connectivity index (χ1n) is 15.1. The zero-order valence-corrected chi connectivity index (χ0v) is 25.6. The van der Waals surface area contributed by atoms with E-state index in [9.17, 15) is 19.8 Å². The molecule has 0 bridgehead atoms. The van der Waals surface area contributed by atoms with Gasteiger partial charge in [-0.1, -0.05) is 66.7 Å². The molecule has 9 nitrogen and oxygen atoms in total. The van der Waals surface area contributed by atoms with Gasteiger partial charge in [-0.3, -0.25) is 4.79 Å². The Bertz CT molecular complexity index is 1360. The summed E-state index contributed by atoms with van der Waals surface area (Å²) in [6, 6.07) is 23.1. The topological polar surface area (TPSA) is 137 Å². The van der Waals surface area contributed by atoms with E-state index in [2.05, 4.69) is 10.6 Å². The van der Waals surface area contributed by atoms with Crippen LogP contribution in [-0.4, -0.2) is 64.4 Å². The molecular weight excluding hydrogens is 560 g/mol. The Labute approximate surface area is 259 Å². The van der Waals surface area contributed by atoms with Crippen molar-refractivity contribution in [2.24, 2.45) is 5.92 Å². The summed E-state index contributed by atoms with van der Waals surface area (Å²) in [6.45, 7) is 5.39. The molecule has 3 aromatic rings. The largest absolute Gasteiger partial charge is 0.491 e. The standard InChI is InChI=1S/C35H44N2O7/c1-35(2,3)44-34(42)36-29(20-23-9-5-4-6-10-23)30(39)22-26(19-24-13-15-27(16-14-24)43-18-17-38)33(41)37-32-28-12-8-7-11-25(28)21-31(32)40/h4-16,26,29-32,38-40H,17-22H2,1-3H3,(H,36,42)(H,37,41)/t26-,29-,30-,31+,32?/m0/s1. The maximum Gasteiger partial charge on any atom is 0.407 e. The maximum atomic E-state index is 13.9. The summed E-state index contributed by atoms with van der Waals surface area (Å²) in [7, 11) is 0. The van der Waals surface area contributed by atoms with Gasteiger partial charge in [0.05, 0.1) is 30.9 Å². The number of ether oxygens (including phenoxy) is 2. The van der Waals surface area contributed by atoms with E-state index in [4.69, 9.17) is 14.6 Å². The molecule has 0 radical (unpaired) electrons. The number of alkyl carbamates (subject to hydrolysis) is 1. The molecule has 44 heavy (non-hydrogen) atoms. The molecule has 0 saturated heterocycles. The van der Waals surface area contributed by atoms with Gasteiger partial charge in [-0.2, -0.15) is 0 Å². The first-order chi connectivity index (χ1) is 21.0. The van der Waals surface area contributed by atoms with Gasteiger partial charge in [0, 0.05) is 12.3 Å². The van der Waals surface area contributed by atoms with Crippen molar-refractivity contribution in [3.63, 3.8) is 0 Å². The summed E-state index contributed by atoms with van der Waals surface area (Å²) in [6.07, 6.45) is -1.37. The highest BCUT2D eigenvalue weighted by Crippen LogP contribution is 2.32. The van der Waals surface area contributed by atoms with Crippen LogP contribution in [0.15, 0.2) is 78.9 Å². The van der Waals surface area contributed by atoms with E-state index in [0.29, 0.717) is 25.0 Å². The van der Waals surface area contributed by atoms with Gasteiger partial charge in [0.1, 0.15) is 18.0 Å². The summed E-state index contributed by atoms with van der Waals surface area (Å²) in [4.78, 5) is 26.7. The lowest BCUT2D eigenvalue weighted by Crippen LogP contribution is -2.48. The second kappa shape index (κ2) is 15.2. The normalized spacial score (nSPS) is 18.0. The van der Waals surface area contributed by atoms with Crippen molar-refractivity contribution in [2.75, 3.05) is 13.2 Å². The molecule has 236 valence electrons. The summed E-state index contributed by atoms with van der Waals surface area (Å²) in [5.41, 5.74) is 2.91. The lowest BCUT2D eigenvalue weighted by molar-refractivity contribution is -0.127. The summed E-state index contributed by atoms with van der Waals surface area (Å²) >= 11 is 0. The molecule has 0 spiro atoms. The monoisotopic (exact) mass is 604 g/mol. The first kappa shape index (κ1) is 33.0. The minimum atomic E-state index is -1.09. The molecule has 0 aliphatic heterocycles. The van der Waals surface area contributed by atoms with E-state index in [1.54, 1.807) is 32.9 Å². The molecule has 2 amide bonds. The number of carbonyl (C=O) groups is 2. The highest BCUT2D eigenvalue weighted by molar-refractivity contribution is 5.80. The van der Waals surface area contributed by atoms with E-state index >= 15 is 0 Å². The molecule has 1 aliphatic rings. The van der Waals surface area contributed by atoms with E-state index in [1.165, 1.54) is 0 Å². The number of fused-ring (bicyclic) bond motifs is 1. The van der Waals surface area contributed by atoms with Crippen LogP contribution in [0.25, 0.3) is 0 Å². The third-order valence-corrected chi connectivity index (χ3v) is 7.63. The summed E-state index contributed by atoms with van der Waals surface area (Å²) in [5.74, 6) is -0.395. The van der Waals surface area contributed by atoms with Crippen LogP contribution in [0.3, 0.4) is 0 Å². The van der Waals surface area contributed by atoms with Crippen molar-refractivity contribution in [1.29, 1.82) is 0 Å². The molecule has 3 aromatic carbocycles. The first-order valence-corrected chi connectivity index (χ1v) is 15.1. The maximum absolute atomic E-state index is 13.9. The Kier molecular flexibility index (Phi) is 11.4. The zero-order chi connectivity index (χ0) is 31.7. The van der Waals surface area contributed by atoms with Crippen molar-refractivity contribution in [3.05, 3.63) is 101 Å². The lowest BCUT2D eigenvalue weighted by atomic mass is 9.88. The highest BCUT2D eigenvalue weighted by Gasteiger charge is 2.35. The molecule has 5 N–H and O–H groups in total. The van der Waals surface area contributed by atoms with Crippen molar-refractivity contribution in [1.82, 2.24) is 10.6 Å². The number of aliphatic hydroxyl groups excluding tert-OH is 3. The number of carbonyl (C=O) groups excluding carboxylic acids is 2. The average Bonchev–Trinajstić information content (AvgIpc) is 3.30. The molecule has 9 heteroatoms. The van der Waals surface area contributed by atoms with Crippen LogP contribution in [0.1, 0.15) is 55.5 Å². The lowest BCUT2D eigenvalue weighted by Gasteiger charge is -2.29. The summed E-state index contributed by atoms with van der Waals surface area (Å²) < 4.78 is 11.0. The second-order valence-electron chi connectivity index (χ2n) is 12.3. The quantitative estimate of drug-likeness (QED) is 0.200. The highest BCUT2D eigenvalue weighted by atomic mass is 16.6. The van der Waals surface area contributed by atoms with Crippen molar-refractivity contribution < 1.29 is 34.4 Å². The Hall–Kier alpha value is -3.92. The van der Waals surface area contributed by atoms with Crippen LogP contribution in [0.2, 0.25) is 0 Å². The van der Waals surface area contributed by atoms with Crippen LogP contribution in [0, 0.1) is 5.92 Å². The van der Waals surface area contributed by atoms with Gasteiger partial charge in [0.15, 0.2) is 0 Å². The second-order valence-corrected chi connectivity index (χ2v) is 12.3. The van der Waals surface area contributed by atoms with E-state index < -0.39 is 41.9 Å². The van der Waals surface area contributed by atoms with Gasteiger partial charge in [0.2, 0.25) is 5.91 Å². The fourth-order valence-corrected chi connectivity index (χ4v) is 5.54. The van der Waals surface area contributed by atoms with E-state index in [0.717, 1.165) is 22.3 Å². The third kappa shape index (κ3) is 9.54. The molecule has 0 heterocycles. The van der Waals surface area contributed by atoms with E-state index in [-0.39, 0.29) is 25.5 Å². The van der Waals surface area contributed by atoms with Gasteiger partial charge < -0.3 is 35.4 Å². The van der Waals surface area contributed by atoms with Gasteiger partial charge in [-0.25, -0.2) is 4.79 Å². The zero-order valence-electron chi connectivity index (χ0n) is 25.6. The number of amides is 2. The van der Waals surface area contributed by atoms with Gasteiger partial charge in [-0.15, -0.1) is 0 Å². The number of nitrogens with one attached hydrogen (secondary N) is 2. The Morgan fingerprint density at radius 1 is 0.932 bits per heavy atom. The van der Waals surface area contributed by atoms with Crippen molar-refractivity contribution >= 4 is 12.0 Å². The van der Waals surface area contributed by atoms with E-state index in [1.807, 2.05) is 66.7 Å². The number of benzene rings is 3. The number of rotatable bonds is 13. The Balaban J connectivity index is 1.56. The van der Waals surface area contributed by atoms with Gasteiger partial charge >= 0.3 is 6.09 Å². The third-order valence-electron chi connectivity index (χ3n) is 7.63. The number of hydrogen-bond donors (Lipinski definition) is 5. The molecule has 1 unspecified atom stereocenters. The molecule has 4 rings (SSSR count). The molecule has 0 aromatic heterocycles. The van der Waals surface area contributed by atoms with Crippen LogP contribution >= 0.6 is 0 Å². The fraction of sp³-hybridized carbons (Fsp3) is 0.429. The van der Waals surface area contributed by atoms with Crippen molar-refractivity contribution in [2.45, 2.75) is 76.3 Å². The van der Waals surface area contributed by atoms with Crippen LogP contribution < -0.4 is 15.4 Å². The average molecular weight is 605 g/mol. The number of aliphatic hydroxyl groups is 3. The minimum absolute atomic E-state index is 0.0480. The summed E-state index contributed by atoms with van der Waals surface area (Å²) in [5, 5.41) is 37.3. The molecule has 0 fully saturated rings. The van der Waals surface area contributed by atoms with Crippen molar-refractivity contribution in [3.8, 4) is 5.75 Å². The van der Waals surface area contributed by atoms with Crippen LogP contribution in [0.4, 0.5) is 4.79 Å². The van der Waals surface area contributed by atoms with Gasteiger partial charge in [0.25, 0.3) is 0 Å². The number of hydrogen-bond acceptors (Lipinski definition) is 7. The molecular formula is C35H44N2O7. The van der Waals surface area contributed by atoms with Gasteiger partial charge in [-0.05, 0) is 74.4 Å². The minimum Gasteiger partial charge on any atom is -0.491 e. The predicted octanol–water partition coefficient (Wildman–Crippen LogP) is 3.88. The Morgan fingerprint density at radius 2 is 1.59 bits per heavy atom. The molecule has 0 saturated carbocycles. The SMILES string of the molecule is CC(C)(C)OC(=O)N[C@@H](Cc1ccccc1)[C@@H](O)C[C@H](Cc1ccc(OCCO)cc1)C(=O)NC1c2ccccc2C[C@H]1O. The van der Waals surface area contributed by atoms with Crippen LogP contribution in [0.5, 0.6) is 5.75 Å². The fourth-order valence-electron chi connectivity index (χ4n) is 5.54. The molecule has 5 atom stereocenters.